The first kappa shape index (κ1) is 18.4. The first-order valence-electron chi connectivity index (χ1n) is 9.62. The summed E-state index contributed by atoms with van der Waals surface area (Å²) in [4.78, 5) is 15.9. The zero-order valence-corrected chi connectivity index (χ0v) is 16.1. The molecule has 3 heterocycles. The van der Waals surface area contributed by atoms with Crippen LogP contribution in [-0.2, 0) is 11.3 Å². The molecule has 2 saturated heterocycles. The van der Waals surface area contributed by atoms with E-state index in [2.05, 4.69) is 4.90 Å². The lowest BCUT2D eigenvalue weighted by Crippen LogP contribution is -2.40. The Kier molecular flexibility index (Phi) is 4.90. The van der Waals surface area contributed by atoms with Gasteiger partial charge in [-0.3, -0.25) is 14.6 Å². The Morgan fingerprint density at radius 3 is 2.52 bits per heavy atom. The highest BCUT2D eigenvalue weighted by molar-refractivity contribution is 5.74. The van der Waals surface area contributed by atoms with Gasteiger partial charge in [-0.2, -0.15) is 0 Å². The highest BCUT2D eigenvalue weighted by atomic mass is 16.6. The van der Waals surface area contributed by atoms with Crippen LogP contribution >= 0.6 is 0 Å². The fourth-order valence-corrected chi connectivity index (χ4v) is 4.76. The number of carboxylic acid groups (broad SMARTS) is 1. The van der Waals surface area contributed by atoms with Gasteiger partial charge in [0.15, 0.2) is 11.5 Å². The minimum absolute atomic E-state index is 0.144. The number of methoxy groups -OCH3 is 1. The number of piperidine rings is 1. The van der Waals surface area contributed by atoms with Gasteiger partial charge in [-0.05, 0) is 50.9 Å². The normalized spacial score (nSPS) is 24.9. The number of fused-ring (bicyclic) bond motifs is 1. The molecule has 2 fully saturated rings. The summed E-state index contributed by atoms with van der Waals surface area (Å²) in [6, 6.07) is 3.61. The average Bonchev–Trinajstić information content (AvgIpc) is 2.99. The summed E-state index contributed by atoms with van der Waals surface area (Å²) in [6.07, 6.45) is 2.84. The quantitative estimate of drug-likeness (QED) is 0.860. The fourth-order valence-electron chi connectivity index (χ4n) is 4.76. The molecular weight excluding hydrogens is 348 g/mol. The van der Waals surface area contributed by atoms with Crippen molar-refractivity contribution in [3.05, 3.63) is 17.7 Å². The summed E-state index contributed by atoms with van der Waals surface area (Å²) >= 11 is 0. The Morgan fingerprint density at radius 1 is 1.26 bits per heavy atom. The molecule has 1 spiro atoms. The van der Waals surface area contributed by atoms with E-state index in [1.807, 2.05) is 24.1 Å². The lowest BCUT2D eigenvalue weighted by Gasteiger charge is -2.39. The number of likely N-dealkylation sites (tertiary alicyclic amines) is 2. The summed E-state index contributed by atoms with van der Waals surface area (Å²) in [5.41, 5.74) is 1.25. The van der Waals surface area contributed by atoms with Crippen LogP contribution in [0.15, 0.2) is 12.1 Å². The molecule has 0 bridgehead atoms. The van der Waals surface area contributed by atoms with Crippen molar-refractivity contribution in [3.8, 4) is 17.2 Å². The predicted molar refractivity (Wildman–Crippen MR) is 99.6 cm³/mol. The van der Waals surface area contributed by atoms with E-state index in [-0.39, 0.29) is 11.5 Å². The summed E-state index contributed by atoms with van der Waals surface area (Å²) in [7, 11) is 3.61. The Morgan fingerprint density at radius 2 is 1.93 bits per heavy atom. The van der Waals surface area contributed by atoms with Gasteiger partial charge < -0.3 is 19.3 Å². The van der Waals surface area contributed by atoms with Gasteiger partial charge in [0.2, 0.25) is 0 Å². The number of nitrogens with zero attached hydrogens (tertiary/aromatic N) is 2. The van der Waals surface area contributed by atoms with Gasteiger partial charge in [0.1, 0.15) is 25.0 Å². The second-order valence-corrected chi connectivity index (χ2v) is 8.06. The number of aliphatic carboxylic acids is 1. The van der Waals surface area contributed by atoms with Crippen molar-refractivity contribution < 1.29 is 24.1 Å². The van der Waals surface area contributed by atoms with Crippen molar-refractivity contribution >= 4 is 5.97 Å². The number of hydrogen-bond acceptors (Lipinski definition) is 6. The zero-order valence-electron chi connectivity index (χ0n) is 16.1. The van der Waals surface area contributed by atoms with E-state index in [1.54, 1.807) is 7.11 Å². The first-order valence-corrected chi connectivity index (χ1v) is 9.62. The molecule has 7 heteroatoms. The molecule has 0 saturated carbocycles. The number of ether oxygens (including phenoxy) is 3. The minimum atomic E-state index is -0.696. The van der Waals surface area contributed by atoms with Crippen molar-refractivity contribution in [2.75, 3.05) is 47.0 Å². The van der Waals surface area contributed by atoms with Gasteiger partial charge in [0, 0.05) is 24.7 Å². The molecule has 0 unspecified atom stereocenters. The minimum Gasteiger partial charge on any atom is -0.496 e. The summed E-state index contributed by atoms with van der Waals surface area (Å²) in [6.45, 7) is 4.76. The third-order valence-electron chi connectivity index (χ3n) is 6.28. The van der Waals surface area contributed by atoms with Crippen molar-refractivity contribution in [1.29, 1.82) is 0 Å². The van der Waals surface area contributed by atoms with Crippen LogP contribution in [0.5, 0.6) is 17.2 Å². The van der Waals surface area contributed by atoms with Crippen molar-refractivity contribution in [2.24, 2.45) is 5.41 Å². The molecule has 27 heavy (non-hydrogen) atoms. The number of rotatable bonds is 4. The lowest BCUT2D eigenvalue weighted by molar-refractivity contribution is -0.141. The summed E-state index contributed by atoms with van der Waals surface area (Å²) < 4.78 is 16.9. The molecular formula is C20H28N2O5. The fraction of sp³-hybridized carbons (Fsp3) is 0.650. The predicted octanol–water partition coefficient (Wildman–Crippen LogP) is 1.84. The summed E-state index contributed by atoms with van der Waals surface area (Å²) in [5, 5.41) is 9.41. The average molecular weight is 376 g/mol. The van der Waals surface area contributed by atoms with Crippen LogP contribution in [0, 0.1) is 5.41 Å². The highest BCUT2D eigenvalue weighted by Crippen LogP contribution is 2.44. The van der Waals surface area contributed by atoms with E-state index in [1.165, 1.54) is 0 Å². The van der Waals surface area contributed by atoms with Crippen LogP contribution in [0.2, 0.25) is 0 Å². The maximum Gasteiger partial charge on any atom is 0.320 e. The Hall–Kier alpha value is -1.99. The molecule has 1 N–H and O–H groups in total. The van der Waals surface area contributed by atoms with Gasteiger partial charge in [0.05, 0.1) is 7.11 Å². The Balaban J connectivity index is 1.42. The van der Waals surface area contributed by atoms with E-state index in [4.69, 9.17) is 14.2 Å². The molecule has 0 aliphatic carbocycles. The monoisotopic (exact) mass is 376 g/mol. The largest absolute Gasteiger partial charge is 0.496 e. The molecule has 1 aromatic carbocycles. The molecule has 4 rings (SSSR count). The molecule has 148 valence electrons. The highest BCUT2D eigenvalue weighted by Gasteiger charge is 2.46. The van der Waals surface area contributed by atoms with E-state index < -0.39 is 5.97 Å². The van der Waals surface area contributed by atoms with Crippen molar-refractivity contribution in [3.63, 3.8) is 0 Å². The molecule has 3 aliphatic heterocycles. The first-order chi connectivity index (χ1) is 13.0. The second-order valence-electron chi connectivity index (χ2n) is 8.06. The Labute approximate surface area is 159 Å². The van der Waals surface area contributed by atoms with Crippen molar-refractivity contribution in [1.82, 2.24) is 9.80 Å². The number of likely N-dealkylation sites (N-methyl/N-ethyl adjacent to an activating group) is 1. The van der Waals surface area contributed by atoms with Gasteiger partial charge in [-0.25, -0.2) is 0 Å². The van der Waals surface area contributed by atoms with Crippen molar-refractivity contribution in [2.45, 2.75) is 31.8 Å². The van der Waals surface area contributed by atoms with Crippen LogP contribution in [0.25, 0.3) is 0 Å². The third kappa shape index (κ3) is 3.58. The van der Waals surface area contributed by atoms with Crippen LogP contribution in [0.3, 0.4) is 0 Å². The van der Waals surface area contributed by atoms with Crippen LogP contribution < -0.4 is 14.2 Å². The van der Waals surface area contributed by atoms with E-state index in [0.29, 0.717) is 13.2 Å². The molecule has 0 radical (unpaired) electrons. The smallest absolute Gasteiger partial charge is 0.320 e. The van der Waals surface area contributed by atoms with E-state index in [0.717, 1.165) is 68.3 Å². The molecule has 0 aromatic heterocycles. The van der Waals surface area contributed by atoms with Crippen LogP contribution in [0.4, 0.5) is 0 Å². The van der Waals surface area contributed by atoms with E-state index in [9.17, 15) is 9.90 Å². The standard InChI is InChI=1S/C20H28N2O5/c1-21-13-20(11-15(21)19(23)24)3-5-22(6-4-20)12-14-9-17-18(10-16(14)25-2)27-8-7-26-17/h9-10,15H,3-8,11-13H2,1-2H3,(H,23,24)/t15-/m1/s1. The topological polar surface area (TPSA) is 71.5 Å². The molecule has 7 nitrogen and oxygen atoms in total. The van der Waals surface area contributed by atoms with Gasteiger partial charge >= 0.3 is 5.97 Å². The number of carboxylic acids is 1. The molecule has 3 aliphatic rings. The third-order valence-corrected chi connectivity index (χ3v) is 6.28. The molecule has 0 amide bonds. The van der Waals surface area contributed by atoms with Gasteiger partial charge in [-0.15, -0.1) is 0 Å². The number of hydrogen-bond donors (Lipinski definition) is 1. The van der Waals surface area contributed by atoms with Gasteiger partial charge in [-0.1, -0.05) is 0 Å². The lowest BCUT2D eigenvalue weighted by atomic mass is 9.76. The maximum atomic E-state index is 11.4. The zero-order chi connectivity index (χ0) is 19.0. The van der Waals surface area contributed by atoms with Gasteiger partial charge in [0.25, 0.3) is 0 Å². The second kappa shape index (κ2) is 7.20. The van der Waals surface area contributed by atoms with Crippen LogP contribution in [-0.4, -0.2) is 73.9 Å². The molecule has 1 aromatic rings. The Bertz CT molecular complexity index is 715. The summed E-state index contributed by atoms with van der Waals surface area (Å²) in [5.74, 6) is 1.66. The number of benzene rings is 1. The maximum absolute atomic E-state index is 11.4. The van der Waals surface area contributed by atoms with Crippen LogP contribution in [0.1, 0.15) is 24.8 Å². The van der Waals surface area contributed by atoms with E-state index >= 15 is 0 Å². The molecule has 1 atom stereocenters. The number of carbonyl (C=O) groups is 1. The SMILES string of the molecule is COc1cc2c(cc1CN1CCC3(CC1)C[C@H](C(=O)O)N(C)C3)OCCO2.